The van der Waals surface area contributed by atoms with Gasteiger partial charge in [0.1, 0.15) is 12.6 Å². The third-order valence-electron chi connectivity index (χ3n) is 6.01. The van der Waals surface area contributed by atoms with Gasteiger partial charge in [0.15, 0.2) is 0 Å². The van der Waals surface area contributed by atoms with Gasteiger partial charge in [-0.3, -0.25) is 13.9 Å². The largest absolute Gasteiger partial charge is 0.354 e. The minimum absolute atomic E-state index is 0.208. The van der Waals surface area contributed by atoms with Gasteiger partial charge < -0.3 is 10.2 Å². The molecule has 0 heterocycles. The molecule has 192 valence electrons. The highest BCUT2D eigenvalue weighted by atomic mass is 32.2. The van der Waals surface area contributed by atoms with Gasteiger partial charge in [-0.25, -0.2) is 8.42 Å². The van der Waals surface area contributed by atoms with Crippen LogP contribution in [0.4, 0.5) is 5.69 Å². The first-order valence-corrected chi connectivity index (χ1v) is 14.2. The monoisotopic (exact) mass is 501 g/mol. The Kier molecular flexibility index (Phi) is 11.2. The van der Waals surface area contributed by atoms with E-state index in [2.05, 4.69) is 5.32 Å². The van der Waals surface area contributed by atoms with Crippen LogP contribution in [0.1, 0.15) is 51.2 Å². The summed E-state index contributed by atoms with van der Waals surface area (Å²) in [6, 6.07) is 16.2. The average Bonchev–Trinajstić information content (AvgIpc) is 2.85. The minimum Gasteiger partial charge on any atom is -0.354 e. The Hall–Kier alpha value is -2.87. The molecular formula is C27H39N3O4S. The number of rotatable bonds is 14. The van der Waals surface area contributed by atoms with Gasteiger partial charge in [0.25, 0.3) is 0 Å². The van der Waals surface area contributed by atoms with Gasteiger partial charge in [0.05, 0.1) is 11.9 Å². The molecule has 0 radical (unpaired) electrons. The molecule has 0 unspecified atom stereocenters. The zero-order valence-electron chi connectivity index (χ0n) is 21.4. The molecule has 2 aromatic rings. The third-order valence-corrected chi connectivity index (χ3v) is 7.15. The summed E-state index contributed by atoms with van der Waals surface area (Å²) in [6.45, 7) is 6.43. The first kappa shape index (κ1) is 28.4. The number of carbonyl (C=O) groups is 2. The lowest BCUT2D eigenvalue weighted by atomic mass is 10.1. The van der Waals surface area contributed by atoms with Crippen molar-refractivity contribution in [3.63, 3.8) is 0 Å². The number of amides is 2. The first-order valence-electron chi connectivity index (χ1n) is 12.4. The van der Waals surface area contributed by atoms with Crippen LogP contribution in [0.5, 0.6) is 0 Å². The normalized spacial score (nSPS) is 12.1. The van der Waals surface area contributed by atoms with Crippen LogP contribution in [0.25, 0.3) is 0 Å². The summed E-state index contributed by atoms with van der Waals surface area (Å²) >= 11 is 0. The van der Waals surface area contributed by atoms with Gasteiger partial charge in [-0.1, -0.05) is 69.7 Å². The second-order valence-corrected chi connectivity index (χ2v) is 10.6. The van der Waals surface area contributed by atoms with E-state index in [1.165, 1.54) is 4.90 Å². The number of sulfonamides is 1. The highest BCUT2D eigenvalue weighted by Gasteiger charge is 2.31. The fraction of sp³-hybridized carbons (Fsp3) is 0.481. The Balaban J connectivity index is 2.31. The summed E-state index contributed by atoms with van der Waals surface area (Å²) in [5, 5.41) is 2.93. The molecule has 0 aromatic heterocycles. The SMILES string of the molecule is CCCCNC(=O)[C@H](CC)N(CCc1ccccc1)C(=O)CN(c1ccc(CC)cc1)S(C)(=O)=O. The topological polar surface area (TPSA) is 86.8 Å². The lowest BCUT2D eigenvalue weighted by Crippen LogP contribution is -2.53. The smallest absolute Gasteiger partial charge is 0.244 e. The van der Waals surface area contributed by atoms with Crippen molar-refractivity contribution >= 4 is 27.5 Å². The summed E-state index contributed by atoms with van der Waals surface area (Å²) in [6.07, 6.45) is 4.73. The molecular weight excluding hydrogens is 462 g/mol. The first-order chi connectivity index (χ1) is 16.7. The maximum atomic E-state index is 13.6. The predicted octanol–water partition coefficient (Wildman–Crippen LogP) is 3.78. The molecule has 2 rings (SSSR count). The van der Waals surface area contributed by atoms with E-state index in [1.54, 1.807) is 12.1 Å². The van der Waals surface area contributed by atoms with Crippen LogP contribution in [-0.4, -0.2) is 57.1 Å². The molecule has 7 nitrogen and oxygen atoms in total. The van der Waals surface area contributed by atoms with Crippen LogP contribution in [0.15, 0.2) is 54.6 Å². The zero-order valence-corrected chi connectivity index (χ0v) is 22.2. The molecule has 0 aliphatic heterocycles. The highest BCUT2D eigenvalue weighted by Crippen LogP contribution is 2.20. The minimum atomic E-state index is -3.72. The molecule has 0 spiro atoms. The van der Waals surface area contributed by atoms with Crippen LogP contribution in [-0.2, 0) is 32.5 Å². The average molecular weight is 502 g/mol. The summed E-state index contributed by atoms with van der Waals surface area (Å²) in [7, 11) is -3.72. The summed E-state index contributed by atoms with van der Waals surface area (Å²) in [5.41, 5.74) is 2.55. The number of nitrogens with zero attached hydrogens (tertiary/aromatic N) is 2. The standard InChI is InChI=1S/C27H39N3O4S/c1-5-8-19-28-27(32)25(7-3)29(20-18-23-12-10-9-11-13-23)26(31)21-30(35(4,33)34)24-16-14-22(6-2)15-17-24/h9-17,25H,5-8,18-21H2,1-4H3,(H,28,32)/t25-/m0/s1. The van der Waals surface area contributed by atoms with Crippen LogP contribution in [0.3, 0.4) is 0 Å². The maximum Gasteiger partial charge on any atom is 0.244 e. The fourth-order valence-corrected chi connectivity index (χ4v) is 4.76. The lowest BCUT2D eigenvalue weighted by molar-refractivity contribution is -0.139. The number of aryl methyl sites for hydroxylation is 1. The summed E-state index contributed by atoms with van der Waals surface area (Å²) in [5.74, 6) is -0.607. The number of hydrogen-bond acceptors (Lipinski definition) is 4. The van der Waals surface area contributed by atoms with Crippen LogP contribution >= 0.6 is 0 Å². The summed E-state index contributed by atoms with van der Waals surface area (Å²) in [4.78, 5) is 28.1. The zero-order chi connectivity index (χ0) is 25.8. The van der Waals surface area contributed by atoms with E-state index in [0.29, 0.717) is 31.6 Å². The van der Waals surface area contributed by atoms with Gasteiger partial charge >= 0.3 is 0 Å². The molecule has 2 aromatic carbocycles. The lowest BCUT2D eigenvalue weighted by Gasteiger charge is -2.33. The predicted molar refractivity (Wildman–Crippen MR) is 142 cm³/mol. The van der Waals surface area contributed by atoms with Gasteiger partial charge in [0, 0.05) is 13.1 Å². The van der Waals surface area contributed by atoms with Crippen molar-refractivity contribution in [1.82, 2.24) is 10.2 Å². The maximum absolute atomic E-state index is 13.6. The quantitative estimate of drug-likeness (QED) is 0.399. The van der Waals surface area contributed by atoms with Crippen molar-refractivity contribution in [2.75, 3.05) is 30.2 Å². The van der Waals surface area contributed by atoms with Gasteiger partial charge in [-0.15, -0.1) is 0 Å². The number of carbonyl (C=O) groups excluding carboxylic acids is 2. The number of hydrogen-bond donors (Lipinski definition) is 1. The van der Waals surface area contributed by atoms with E-state index in [-0.39, 0.29) is 12.5 Å². The van der Waals surface area contributed by atoms with Crippen LogP contribution in [0, 0.1) is 0 Å². The highest BCUT2D eigenvalue weighted by molar-refractivity contribution is 7.92. The molecule has 1 atom stereocenters. The number of anilines is 1. The number of benzene rings is 2. The van der Waals surface area contributed by atoms with Crippen molar-refractivity contribution in [2.45, 2.75) is 58.9 Å². The van der Waals surface area contributed by atoms with Crippen molar-refractivity contribution in [3.8, 4) is 0 Å². The van der Waals surface area contributed by atoms with Crippen LogP contribution < -0.4 is 9.62 Å². The second kappa shape index (κ2) is 13.9. The second-order valence-electron chi connectivity index (χ2n) is 8.68. The number of nitrogens with one attached hydrogen (secondary N) is 1. The molecule has 0 aliphatic carbocycles. The van der Waals surface area contributed by atoms with Crippen molar-refractivity contribution in [2.24, 2.45) is 0 Å². The molecule has 0 bridgehead atoms. The Morgan fingerprint density at radius 3 is 2.14 bits per heavy atom. The Labute approximate surface area is 210 Å². The fourth-order valence-electron chi connectivity index (χ4n) is 3.91. The molecule has 0 saturated heterocycles. The van der Waals surface area contributed by atoms with E-state index in [1.807, 2.05) is 63.2 Å². The molecule has 8 heteroatoms. The third kappa shape index (κ3) is 8.69. The van der Waals surface area contributed by atoms with Gasteiger partial charge in [-0.05, 0) is 48.9 Å². The van der Waals surface area contributed by atoms with Crippen molar-refractivity contribution in [3.05, 3.63) is 65.7 Å². The Morgan fingerprint density at radius 1 is 0.943 bits per heavy atom. The molecule has 0 aliphatic rings. The Morgan fingerprint density at radius 2 is 1.60 bits per heavy atom. The summed E-state index contributed by atoms with van der Waals surface area (Å²) < 4.78 is 26.4. The van der Waals surface area contributed by atoms with Crippen molar-refractivity contribution < 1.29 is 18.0 Å². The molecule has 35 heavy (non-hydrogen) atoms. The van der Waals surface area contributed by atoms with E-state index in [4.69, 9.17) is 0 Å². The van der Waals surface area contributed by atoms with E-state index in [0.717, 1.165) is 41.0 Å². The van der Waals surface area contributed by atoms with Gasteiger partial charge in [-0.2, -0.15) is 0 Å². The number of unbranched alkanes of at least 4 members (excludes halogenated alkanes) is 1. The molecule has 1 N–H and O–H groups in total. The van der Waals surface area contributed by atoms with E-state index in [9.17, 15) is 18.0 Å². The van der Waals surface area contributed by atoms with Crippen LogP contribution in [0.2, 0.25) is 0 Å². The molecule has 0 fully saturated rings. The molecule has 2 amide bonds. The van der Waals surface area contributed by atoms with Gasteiger partial charge in [0.2, 0.25) is 21.8 Å². The van der Waals surface area contributed by atoms with Crippen molar-refractivity contribution in [1.29, 1.82) is 0 Å². The Bertz CT molecular complexity index is 1040. The molecule has 0 saturated carbocycles. The van der Waals surface area contributed by atoms with E-state index < -0.39 is 22.0 Å². The van der Waals surface area contributed by atoms with E-state index >= 15 is 0 Å².